The number of aliphatic carboxylic acids is 1. The van der Waals surface area contributed by atoms with Gasteiger partial charge in [0.25, 0.3) is 0 Å². The van der Waals surface area contributed by atoms with Gasteiger partial charge in [0.1, 0.15) is 24.1 Å². The van der Waals surface area contributed by atoms with E-state index in [1.54, 1.807) is 24.7 Å². The zero-order valence-corrected chi connectivity index (χ0v) is 12.8. The maximum absolute atomic E-state index is 11.5. The Bertz CT molecular complexity index is 789. The van der Waals surface area contributed by atoms with Gasteiger partial charge >= 0.3 is 5.97 Å². The summed E-state index contributed by atoms with van der Waals surface area (Å²) in [7, 11) is 0. The summed E-state index contributed by atoms with van der Waals surface area (Å²) in [5.74, 6) is -1.95. The van der Waals surface area contributed by atoms with Crippen molar-refractivity contribution in [1.82, 2.24) is 19.5 Å². The monoisotopic (exact) mass is 320 g/mol. The summed E-state index contributed by atoms with van der Waals surface area (Å²) in [4.78, 5) is 24.1. The van der Waals surface area contributed by atoms with E-state index in [4.69, 9.17) is 14.2 Å². The summed E-state index contributed by atoms with van der Waals surface area (Å²) < 4.78 is 18.9. The highest BCUT2D eigenvalue weighted by Gasteiger charge is 2.58. The van der Waals surface area contributed by atoms with E-state index in [0.717, 1.165) is 5.69 Å². The van der Waals surface area contributed by atoms with Crippen molar-refractivity contribution in [2.75, 3.05) is 0 Å². The van der Waals surface area contributed by atoms with Crippen molar-refractivity contribution >= 4 is 17.1 Å². The molecule has 0 unspecified atom stereocenters. The van der Waals surface area contributed by atoms with Crippen LogP contribution in [0.4, 0.5) is 0 Å². The molecule has 9 nitrogen and oxygen atoms in total. The van der Waals surface area contributed by atoms with Gasteiger partial charge in [-0.2, -0.15) is 0 Å². The Hall–Kier alpha value is -2.10. The molecule has 2 saturated heterocycles. The summed E-state index contributed by atoms with van der Waals surface area (Å²) >= 11 is 0. The summed E-state index contributed by atoms with van der Waals surface area (Å²) in [6, 6.07) is 0. The third-order valence-corrected chi connectivity index (χ3v) is 4.09. The minimum atomic E-state index is -1.10. The quantitative estimate of drug-likeness (QED) is 0.858. The van der Waals surface area contributed by atoms with Crippen LogP contribution >= 0.6 is 0 Å². The zero-order chi connectivity index (χ0) is 16.4. The number of hydrogen-bond acceptors (Lipinski definition) is 7. The van der Waals surface area contributed by atoms with E-state index in [1.807, 2.05) is 6.92 Å². The molecule has 0 aliphatic carbocycles. The van der Waals surface area contributed by atoms with Crippen LogP contribution in [0, 0.1) is 6.92 Å². The molecule has 1 N–H and O–H groups in total. The summed E-state index contributed by atoms with van der Waals surface area (Å²) in [5.41, 5.74) is 1.95. The van der Waals surface area contributed by atoms with Crippen LogP contribution in [-0.2, 0) is 19.0 Å². The number of rotatable bonds is 2. The van der Waals surface area contributed by atoms with E-state index in [1.165, 1.54) is 6.33 Å². The molecule has 4 atom stereocenters. The van der Waals surface area contributed by atoms with Crippen LogP contribution in [0.2, 0.25) is 0 Å². The average molecular weight is 320 g/mol. The first kappa shape index (κ1) is 14.5. The van der Waals surface area contributed by atoms with Crippen molar-refractivity contribution in [2.24, 2.45) is 0 Å². The van der Waals surface area contributed by atoms with Gasteiger partial charge in [0, 0.05) is 0 Å². The Balaban J connectivity index is 1.78. The molecular weight excluding hydrogens is 304 g/mol. The molecule has 23 heavy (non-hydrogen) atoms. The van der Waals surface area contributed by atoms with E-state index in [-0.39, 0.29) is 0 Å². The van der Waals surface area contributed by atoms with Crippen molar-refractivity contribution < 1.29 is 24.1 Å². The molecule has 0 radical (unpaired) electrons. The van der Waals surface area contributed by atoms with Crippen molar-refractivity contribution in [2.45, 2.75) is 51.1 Å². The Morgan fingerprint density at radius 1 is 1.26 bits per heavy atom. The lowest BCUT2D eigenvalue weighted by Crippen LogP contribution is -2.35. The highest BCUT2D eigenvalue weighted by Crippen LogP contribution is 2.43. The molecule has 4 rings (SSSR count). The number of ether oxygens (including phenoxy) is 3. The van der Waals surface area contributed by atoms with E-state index < -0.39 is 36.3 Å². The third-order valence-electron chi connectivity index (χ3n) is 4.09. The Labute approximate surface area is 131 Å². The minimum absolute atomic E-state index is 0.557. The predicted octanol–water partition coefficient (Wildman–Crippen LogP) is 0.637. The molecule has 9 heteroatoms. The molecule has 2 aliphatic heterocycles. The van der Waals surface area contributed by atoms with Crippen LogP contribution < -0.4 is 0 Å². The second-order valence-electron chi connectivity index (χ2n) is 6.13. The second-order valence-corrected chi connectivity index (χ2v) is 6.13. The number of nitrogens with zero attached hydrogens (tertiary/aromatic N) is 4. The van der Waals surface area contributed by atoms with Gasteiger partial charge in [0.05, 0.1) is 12.0 Å². The number of aryl methyl sites for hydroxylation is 1. The van der Waals surface area contributed by atoms with Gasteiger partial charge in [-0.05, 0) is 20.8 Å². The van der Waals surface area contributed by atoms with Crippen molar-refractivity contribution in [1.29, 1.82) is 0 Å². The predicted molar refractivity (Wildman–Crippen MR) is 75.4 cm³/mol. The van der Waals surface area contributed by atoms with Crippen LogP contribution in [0.3, 0.4) is 0 Å². The number of fused-ring (bicyclic) bond motifs is 2. The first-order valence-corrected chi connectivity index (χ1v) is 7.25. The summed E-state index contributed by atoms with van der Waals surface area (Å²) in [5, 5.41) is 9.39. The lowest BCUT2D eigenvalue weighted by molar-refractivity contribution is -0.202. The number of imidazole rings is 1. The zero-order valence-electron chi connectivity index (χ0n) is 12.8. The maximum Gasteiger partial charge on any atom is 0.335 e. The molecular formula is C14H16N4O5. The summed E-state index contributed by atoms with van der Waals surface area (Å²) in [6.45, 7) is 5.33. The Morgan fingerprint density at radius 2 is 2.00 bits per heavy atom. The van der Waals surface area contributed by atoms with Gasteiger partial charge in [0.2, 0.25) is 0 Å². The van der Waals surface area contributed by atoms with Crippen LogP contribution in [0.1, 0.15) is 25.8 Å². The third kappa shape index (κ3) is 2.12. The second kappa shape index (κ2) is 4.70. The van der Waals surface area contributed by atoms with Crippen LogP contribution in [0.15, 0.2) is 12.7 Å². The van der Waals surface area contributed by atoms with E-state index in [9.17, 15) is 9.90 Å². The molecule has 0 aromatic carbocycles. The molecule has 2 aromatic rings. The van der Waals surface area contributed by atoms with Gasteiger partial charge in [-0.15, -0.1) is 0 Å². The Kier molecular flexibility index (Phi) is 2.96. The SMILES string of the molecule is Cc1ncnc2c1ncn2[C@@H]1O[C@H](C(=O)O)[C@H]2OC(C)(C)O[C@H]21. The topological polar surface area (TPSA) is 109 Å². The average Bonchev–Trinajstić information content (AvgIpc) is 3.09. The number of hydrogen-bond donors (Lipinski definition) is 1. The molecule has 0 saturated carbocycles. The van der Waals surface area contributed by atoms with Crippen LogP contribution in [-0.4, -0.2) is 54.7 Å². The number of carboxylic acids is 1. The van der Waals surface area contributed by atoms with Gasteiger partial charge in [-0.1, -0.05) is 0 Å². The first-order valence-electron chi connectivity index (χ1n) is 7.25. The fourth-order valence-corrected chi connectivity index (χ4v) is 3.15. The van der Waals surface area contributed by atoms with E-state index >= 15 is 0 Å². The molecule has 4 heterocycles. The lowest BCUT2D eigenvalue weighted by atomic mass is 10.1. The minimum Gasteiger partial charge on any atom is -0.479 e. The highest BCUT2D eigenvalue weighted by molar-refractivity contribution is 5.74. The molecule has 122 valence electrons. The molecule has 0 amide bonds. The number of carbonyl (C=O) groups is 1. The molecule has 2 aliphatic rings. The van der Waals surface area contributed by atoms with Gasteiger partial charge in [-0.25, -0.2) is 19.7 Å². The summed E-state index contributed by atoms with van der Waals surface area (Å²) in [6.07, 6.45) is -0.0270. The number of aromatic nitrogens is 4. The van der Waals surface area contributed by atoms with Crippen molar-refractivity contribution in [3.05, 3.63) is 18.3 Å². The van der Waals surface area contributed by atoms with Gasteiger partial charge in [0.15, 0.2) is 23.8 Å². The van der Waals surface area contributed by atoms with E-state index in [0.29, 0.717) is 11.2 Å². The van der Waals surface area contributed by atoms with Crippen LogP contribution in [0.5, 0.6) is 0 Å². The molecule has 2 fully saturated rings. The molecule has 2 aromatic heterocycles. The van der Waals surface area contributed by atoms with Gasteiger partial charge in [-0.3, -0.25) is 4.57 Å². The van der Waals surface area contributed by atoms with Crippen molar-refractivity contribution in [3.63, 3.8) is 0 Å². The molecule has 0 bridgehead atoms. The van der Waals surface area contributed by atoms with Crippen LogP contribution in [0.25, 0.3) is 11.2 Å². The van der Waals surface area contributed by atoms with E-state index in [2.05, 4.69) is 15.0 Å². The first-order chi connectivity index (χ1) is 10.9. The number of carboxylic acid groups (broad SMARTS) is 1. The lowest BCUT2D eigenvalue weighted by Gasteiger charge is -2.23. The Morgan fingerprint density at radius 3 is 2.74 bits per heavy atom. The fourth-order valence-electron chi connectivity index (χ4n) is 3.15. The van der Waals surface area contributed by atoms with Gasteiger partial charge < -0.3 is 19.3 Å². The molecule has 0 spiro atoms. The standard InChI is InChI=1S/C14H16N4O5/c1-6-7-11(16-4-15-6)18(5-17-7)12-9-8(10(21-12)13(19)20)22-14(2,3)23-9/h4-5,8-10,12H,1-3H3,(H,19,20)/t8-,9+,10-,12+/m0/s1. The van der Waals surface area contributed by atoms with Crippen molar-refractivity contribution in [3.8, 4) is 0 Å². The largest absolute Gasteiger partial charge is 0.479 e. The normalized spacial score (nSPS) is 32.3. The highest BCUT2D eigenvalue weighted by atomic mass is 16.8. The fraction of sp³-hybridized carbons (Fsp3) is 0.571. The maximum atomic E-state index is 11.5. The smallest absolute Gasteiger partial charge is 0.335 e.